The van der Waals surface area contributed by atoms with Gasteiger partial charge in [0.25, 0.3) is 0 Å². The number of allylic oxidation sites excluding steroid dienone is 5. The molecule has 0 unspecified atom stereocenters. The summed E-state index contributed by atoms with van der Waals surface area (Å²) in [4.78, 5) is 4.29. The van der Waals surface area contributed by atoms with Gasteiger partial charge >= 0.3 is 0 Å². The molecule has 2 rings (SSSR count). The topological polar surface area (TPSA) is 12.9 Å². The smallest absolute Gasteiger partial charge is 0.133 e. The van der Waals surface area contributed by atoms with Crippen LogP contribution in [0, 0.1) is 6.92 Å². The van der Waals surface area contributed by atoms with Crippen molar-refractivity contribution in [3.63, 3.8) is 0 Å². The molecule has 0 atom stereocenters. The fourth-order valence-electron chi connectivity index (χ4n) is 1.94. The van der Waals surface area contributed by atoms with Crippen LogP contribution in [0.2, 0.25) is 0 Å². The number of nitrogens with zero attached hydrogens (tertiary/aromatic N) is 1. The zero-order valence-electron chi connectivity index (χ0n) is 10.1. The number of aryl methyl sites for hydroxylation is 1. The molecule has 0 saturated carbocycles. The van der Waals surface area contributed by atoms with E-state index >= 15 is 0 Å². The Morgan fingerprint density at radius 3 is 2.88 bits per heavy atom. The minimum atomic E-state index is 1.04. The number of hydrogen-bond donors (Lipinski definition) is 0. The Morgan fingerprint density at radius 1 is 1.44 bits per heavy atom. The summed E-state index contributed by atoms with van der Waals surface area (Å²) in [7, 11) is 2.13. The van der Waals surface area contributed by atoms with Crippen LogP contribution in [0.1, 0.15) is 30.0 Å². The van der Waals surface area contributed by atoms with Crippen molar-refractivity contribution in [1.29, 1.82) is 0 Å². The summed E-state index contributed by atoms with van der Waals surface area (Å²) in [5, 5.41) is 0. The molecule has 0 saturated heterocycles. The highest BCUT2D eigenvalue weighted by Crippen LogP contribution is 2.27. The van der Waals surface area contributed by atoms with Gasteiger partial charge in [-0.3, -0.25) is 4.98 Å². The molecule has 0 N–H and O–H groups in total. The van der Waals surface area contributed by atoms with E-state index in [0.717, 1.165) is 6.42 Å². The Labute approximate surface area is 98.0 Å². The van der Waals surface area contributed by atoms with Crippen LogP contribution in [0.5, 0.6) is 0 Å². The lowest BCUT2D eigenvalue weighted by molar-refractivity contribution is 1.24. The molecule has 0 aliphatic heterocycles. The van der Waals surface area contributed by atoms with Crippen LogP contribution < -0.4 is 0 Å². The molecule has 0 fully saturated rings. The molecule has 2 heteroatoms. The summed E-state index contributed by atoms with van der Waals surface area (Å²) in [6.07, 6.45) is 13.8. The number of hydrogen-bond acceptors (Lipinski definition) is 1. The average Bonchev–Trinajstić information content (AvgIpc) is 2.73. The van der Waals surface area contributed by atoms with E-state index in [4.69, 9.17) is 0 Å². The average molecular weight is 209 g/mol. The first-order chi connectivity index (χ1) is 7.68. The van der Waals surface area contributed by atoms with E-state index in [9.17, 15) is 0 Å². The summed E-state index contributed by atoms with van der Waals surface area (Å²) in [6.45, 7) is 4.24. The molecule has 1 aromatic rings. The highest BCUT2D eigenvalue weighted by Gasteiger charge is 2.08. The van der Waals surface area contributed by atoms with Gasteiger partial charge < -0.3 is 0 Å². The van der Waals surface area contributed by atoms with Crippen molar-refractivity contribution in [3.05, 3.63) is 52.8 Å². The highest BCUT2D eigenvalue weighted by molar-refractivity contribution is 6.23. The summed E-state index contributed by atoms with van der Waals surface area (Å²) in [5.41, 5.74) is 6.39. The molecule has 0 amide bonds. The van der Waals surface area contributed by atoms with Crippen molar-refractivity contribution in [2.24, 2.45) is 0 Å². The lowest BCUT2D eigenvalue weighted by atomic mass is 9.91. The molecule has 0 radical (unpaired) electrons. The van der Waals surface area contributed by atoms with Crippen molar-refractivity contribution in [3.8, 4) is 0 Å². The number of aromatic nitrogens is 1. The van der Waals surface area contributed by atoms with Crippen LogP contribution >= 0.6 is 0 Å². The van der Waals surface area contributed by atoms with Crippen LogP contribution in [0.15, 0.2) is 36.1 Å². The third kappa shape index (κ3) is 2.16. The Morgan fingerprint density at radius 2 is 2.25 bits per heavy atom. The van der Waals surface area contributed by atoms with Gasteiger partial charge in [-0.2, -0.15) is 0 Å². The Bertz CT molecular complexity index is 491. The fraction of sp³-hybridized carbons (Fsp3) is 0.214. The van der Waals surface area contributed by atoms with E-state index in [1.165, 1.54) is 27.7 Å². The fourth-order valence-corrected chi connectivity index (χ4v) is 1.94. The minimum Gasteiger partial charge on any atom is -0.264 e. The quantitative estimate of drug-likeness (QED) is 0.682. The summed E-state index contributed by atoms with van der Waals surface area (Å²) >= 11 is 0. The molecule has 80 valence electrons. The van der Waals surface area contributed by atoms with Crippen molar-refractivity contribution in [2.75, 3.05) is 0 Å². The zero-order valence-corrected chi connectivity index (χ0v) is 10.1. The van der Waals surface area contributed by atoms with Crippen molar-refractivity contribution in [1.82, 2.24) is 4.98 Å². The monoisotopic (exact) mass is 209 g/mol. The van der Waals surface area contributed by atoms with Gasteiger partial charge in [-0.05, 0) is 30.0 Å². The predicted octanol–water partition coefficient (Wildman–Crippen LogP) is 2.73. The Balaban J connectivity index is 2.56. The van der Waals surface area contributed by atoms with Crippen molar-refractivity contribution < 1.29 is 0 Å². The highest BCUT2D eigenvalue weighted by atomic mass is 14.6. The molecule has 0 spiro atoms. The van der Waals surface area contributed by atoms with E-state index in [-0.39, 0.29) is 0 Å². The Hall–Kier alpha value is -1.57. The third-order valence-electron chi connectivity index (χ3n) is 2.70. The van der Waals surface area contributed by atoms with E-state index in [1.54, 1.807) is 0 Å². The van der Waals surface area contributed by atoms with E-state index in [1.807, 2.05) is 12.4 Å². The third-order valence-corrected chi connectivity index (χ3v) is 2.70. The van der Waals surface area contributed by atoms with Gasteiger partial charge in [0.1, 0.15) is 7.85 Å². The predicted molar refractivity (Wildman–Crippen MR) is 72.9 cm³/mol. The van der Waals surface area contributed by atoms with Crippen LogP contribution in [-0.2, 0) is 0 Å². The molecule has 16 heavy (non-hydrogen) atoms. The first kappa shape index (κ1) is 10.9. The van der Waals surface area contributed by atoms with E-state index < -0.39 is 0 Å². The van der Waals surface area contributed by atoms with Gasteiger partial charge in [-0.25, -0.2) is 0 Å². The summed E-state index contributed by atoms with van der Waals surface area (Å²) < 4.78 is 0. The SMILES string of the molecule is B/C(C)=C/c1c(C)cncc1C1=CCC=C1. The zero-order chi connectivity index (χ0) is 11.5. The van der Waals surface area contributed by atoms with Gasteiger partial charge in [0.15, 0.2) is 0 Å². The lowest BCUT2D eigenvalue weighted by Crippen LogP contribution is -1.93. The second kappa shape index (κ2) is 4.52. The van der Waals surface area contributed by atoms with Gasteiger partial charge in [0, 0.05) is 18.0 Å². The molecule has 1 aromatic heterocycles. The molecular formula is C14H16BN. The maximum absolute atomic E-state index is 4.29. The normalized spacial score (nSPS) is 15.4. The second-order valence-corrected chi connectivity index (χ2v) is 4.44. The summed E-state index contributed by atoms with van der Waals surface area (Å²) in [6, 6.07) is 0. The molecule has 1 aliphatic rings. The number of pyridine rings is 1. The lowest BCUT2D eigenvalue weighted by Gasteiger charge is -2.09. The first-order valence-electron chi connectivity index (χ1n) is 5.65. The molecule has 1 heterocycles. The standard InChI is InChI=1S/C14H16BN/c1-10-8-16-9-14(12-5-3-4-6-12)13(10)7-11(2)15/h3,5-9H,4,15H2,1-2H3/b11-7+. The molecule has 1 aliphatic carbocycles. The van der Waals surface area contributed by atoms with Crippen LogP contribution in [-0.4, -0.2) is 12.8 Å². The van der Waals surface area contributed by atoms with E-state index in [0.29, 0.717) is 0 Å². The largest absolute Gasteiger partial charge is 0.264 e. The van der Waals surface area contributed by atoms with Crippen LogP contribution in [0.4, 0.5) is 0 Å². The van der Waals surface area contributed by atoms with Crippen LogP contribution in [0.3, 0.4) is 0 Å². The molecule has 0 aromatic carbocycles. The van der Waals surface area contributed by atoms with Crippen molar-refractivity contribution in [2.45, 2.75) is 20.3 Å². The van der Waals surface area contributed by atoms with E-state index in [2.05, 4.69) is 51.0 Å². The summed E-state index contributed by atoms with van der Waals surface area (Å²) in [5.74, 6) is 0. The van der Waals surface area contributed by atoms with Crippen LogP contribution in [0.25, 0.3) is 11.6 Å². The van der Waals surface area contributed by atoms with Gasteiger partial charge in [-0.15, -0.1) is 5.47 Å². The maximum Gasteiger partial charge on any atom is 0.133 e. The first-order valence-corrected chi connectivity index (χ1v) is 5.65. The Kier molecular flexibility index (Phi) is 3.09. The van der Waals surface area contributed by atoms with Crippen molar-refractivity contribution >= 4 is 19.5 Å². The van der Waals surface area contributed by atoms with Gasteiger partial charge in [0.05, 0.1) is 0 Å². The second-order valence-electron chi connectivity index (χ2n) is 4.44. The molecule has 0 bridgehead atoms. The minimum absolute atomic E-state index is 1.04. The molecule has 1 nitrogen and oxygen atoms in total. The van der Waals surface area contributed by atoms with Gasteiger partial charge in [0.2, 0.25) is 0 Å². The number of rotatable bonds is 2. The maximum atomic E-state index is 4.29. The van der Waals surface area contributed by atoms with Gasteiger partial charge in [-0.1, -0.05) is 31.2 Å². The molecular weight excluding hydrogens is 193 g/mol.